The Hall–Kier alpha value is -12.3. The van der Waals surface area contributed by atoms with E-state index in [1.165, 1.54) is 99.0 Å². The van der Waals surface area contributed by atoms with Crippen LogP contribution < -0.4 is 45.0 Å². The molecule has 0 saturated heterocycles. The molecule has 0 aliphatic rings. The van der Waals surface area contributed by atoms with Gasteiger partial charge in [-0.15, -0.1) is 0 Å². The maximum Gasteiger partial charge on any atom is 0.354 e. The normalized spacial score (nSPS) is 11.9. The third-order valence-corrected chi connectivity index (χ3v) is 15.4. The Balaban J connectivity index is 0.000000234. The van der Waals surface area contributed by atoms with Crippen LogP contribution in [0.5, 0.6) is 0 Å². The molecule has 7 aromatic heterocycles. The highest BCUT2D eigenvalue weighted by Crippen LogP contribution is 2.42. The summed E-state index contributed by atoms with van der Waals surface area (Å²) in [4.78, 5) is 99.7. The minimum absolute atomic E-state index is 0. The van der Waals surface area contributed by atoms with E-state index in [0.717, 1.165) is 14.8 Å². The summed E-state index contributed by atoms with van der Waals surface area (Å²) in [6.45, 7) is 5.13. The molecule has 11 rings (SSSR count). The van der Waals surface area contributed by atoms with E-state index >= 15 is 17.6 Å². The van der Waals surface area contributed by atoms with Gasteiger partial charge >= 0.3 is 29.7 Å². The third kappa shape index (κ3) is 14.8. The molecule has 11 aromatic rings. The van der Waals surface area contributed by atoms with Crippen molar-refractivity contribution in [2.45, 2.75) is 118 Å². The van der Waals surface area contributed by atoms with Gasteiger partial charge in [-0.25, -0.2) is 24.7 Å². The molecule has 0 saturated carbocycles. The van der Waals surface area contributed by atoms with Crippen molar-refractivity contribution in [3.05, 3.63) is 147 Å². The van der Waals surface area contributed by atoms with Crippen LogP contribution in [0.3, 0.4) is 0 Å². The number of nitrogens with one attached hydrogen (secondary N) is 2. The minimum Gasteiger partial charge on any atom is -0.477 e. The SMILES string of the molecule is C.CCn1nc(C)cc1C(=O)Nc1nc2cc(C(N)=O)ccc2n1CC(F)(F)C(F)(F)Cn1c(NC(=O)c2cc(C)nn2CC)nc2cc(C(N)=O)ccc21.CCn1nc(C)cc1C(=O)O.NC(=O)c1ccc2c(c1)nc(N)n2CC(F)(F)C(F)(F)Cn1c(N)nc2cc(C(N)=O)ccc21. The molecule has 100 heavy (non-hydrogen) atoms. The molecule has 528 valence electrons. The number of fused-ring (bicyclic) bond motifs is 4. The number of carbonyl (C=O) groups is 7. The lowest BCUT2D eigenvalue weighted by atomic mass is 10.1. The number of imidazole rings is 4. The van der Waals surface area contributed by atoms with Gasteiger partial charge in [0.2, 0.25) is 47.4 Å². The Morgan fingerprint density at radius 2 is 0.660 bits per heavy atom. The Bertz CT molecular complexity index is 4760. The maximum atomic E-state index is 16.2. The number of anilines is 4. The van der Waals surface area contributed by atoms with Crippen LogP contribution in [0.4, 0.5) is 58.9 Å². The molecular weight excluding hydrogens is 1330 g/mol. The van der Waals surface area contributed by atoms with E-state index in [-0.39, 0.29) is 104 Å². The highest BCUT2D eigenvalue weighted by Gasteiger charge is 2.58. The highest BCUT2D eigenvalue weighted by atomic mass is 19.3. The number of hydrogen-bond donors (Lipinski definition) is 9. The molecule has 0 aliphatic heterocycles. The van der Waals surface area contributed by atoms with Crippen LogP contribution >= 0.6 is 0 Å². The lowest BCUT2D eigenvalue weighted by Crippen LogP contribution is -2.47. The van der Waals surface area contributed by atoms with E-state index in [4.69, 9.17) is 39.5 Å². The van der Waals surface area contributed by atoms with Crippen molar-refractivity contribution < 1.29 is 73.8 Å². The highest BCUT2D eigenvalue weighted by molar-refractivity contribution is 6.05. The summed E-state index contributed by atoms with van der Waals surface area (Å²) >= 11 is 0. The minimum atomic E-state index is -4.87. The molecule has 38 heteroatoms. The van der Waals surface area contributed by atoms with Crippen molar-refractivity contribution in [3.8, 4) is 0 Å². The van der Waals surface area contributed by atoms with Crippen LogP contribution in [0, 0.1) is 20.8 Å². The zero-order valence-electron chi connectivity index (χ0n) is 53.2. The summed E-state index contributed by atoms with van der Waals surface area (Å²) in [6.07, 6.45) is 0. The number of carboxylic acid groups (broad SMARTS) is 1. The van der Waals surface area contributed by atoms with Crippen LogP contribution in [-0.4, -0.2) is 138 Å². The Kier molecular flexibility index (Phi) is 20.6. The summed E-state index contributed by atoms with van der Waals surface area (Å²) in [5, 5.41) is 25.9. The number of aromatic carboxylic acids is 1. The smallest absolute Gasteiger partial charge is 0.354 e. The molecule has 0 spiro atoms. The van der Waals surface area contributed by atoms with Crippen LogP contribution in [0.25, 0.3) is 44.1 Å². The standard InChI is InChI=1S/C34H34F4N12O4.C20H18F4N8O2.C7H10N2O2.CH4/c1-5-49-25(11-17(3)45-49)29(53)43-31-41-21-13-19(27(39)51)7-9-23(21)47(31)15-33(35,36)34(37,38)16-48-24-10-8-20(28(40)52)14-22(24)42-32(48)44-30(54)26-12-18(4)46-50(26)6-2;21-19(22,7-31-13-3-1-9(15(25)33)5-11(13)29-17(31)27)20(23,24)8-32-14-4-2-10(16(26)34)6-12(14)30-18(32)28;1-3-9-6(7(10)11)4-5(2)8-9;/h7-14H,5-6,15-16H2,1-4H3,(H2,39,51)(H2,40,52)(H,41,43,53)(H,42,44,54);1-6H,7-8H2,(H2,25,33)(H2,26,34)(H2,27,29)(H2,28,30);4H,3H2,1-2H3,(H,10,11);1H4. The van der Waals surface area contributed by atoms with E-state index in [0.29, 0.717) is 27.1 Å². The Morgan fingerprint density at radius 1 is 0.410 bits per heavy atom. The number of hydrogen-bond acceptors (Lipinski definition) is 16. The molecule has 0 aliphatic carbocycles. The second-order valence-electron chi connectivity index (χ2n) is 22.4. The van der Waals surface area contributed by atoms with Gasteiger partial charge in [0, 0.05) is 41.9 Å². The van der Waals surface area contributed by atoms with Crippen LogP contribution in [0.15, 0.2) is 91.0 Å². The summed E-state index contributed by atoms with van der Waals surface area (Å²) in [6, 6.07) is 19.1. The molecule has 0 radical (unpaired) electrons. The van der Waals surface area contributed by atoms with Gasteiger partial charge in [0.15, 0.2) is 0 Å². The van der Waals surface area contributed by atoms with Crippen LogP contribution in [0.2, 0.25) is 0 Å². The fourth-order valence-corrected chi connectivity index (χ4v) is 10.5. The summed E-state index contributed by atoms with van der Waals surface area (Å²) in [7, 11) is 0. The number of amides is 6. The number of primary amides is 4. The fraction of sp³-hybridized carbons (Fsp3) is 0.290. The molecule has 15 N–H and O–H groups in total. The van der Waals surface area contributed by atoms with Crippen molar-refractivity contribution in [1.82, 2.24) is 67.5 Å². The molecule has 30 nitrogen and oxygen atoms in total. The number of aromatic nitrogens is 14. The number of halogens is 8. The lowest BCUT2D eigenvalue weighted by Gasteiger charge is -2.28. The molecule has 0 bridgehead atoms. The van der Waals surface area contributed by atoms with Gasteiger partial charge in [0.25, 0.3) is 11.8 Å². The predicted octanol–water partition coefficient (Wildman–Crippen LogP) is 7.37. The molecule has 0 fully saturated rings. The van der Waals surface area contributed by atoms with Gasteiger partial charge < -0.3 is 57.8 Å². The predicted molar refractivity (Wildman–Crippen MR) is 349 cm³/mol. The second kappa shape index (κ2) is 28.1. The Labute approximate surface area is 559 Å². The van der Waals surface area contributed by atoms with E-state index in [9.17, 15) is 51.1 Å². The zero-order valence-corrected chi connectivity index (χ0v) is 53.2. The number of rotatable bonds is 22. The van der Waals surface area contributed by atoms with Crippen LogP contribution in [-0.2, 0) is 45.8 Å². The van der Waals surface area contributed by atoms with Gasteiger partial charge in [-0.05, 0) is 133 Å². The van der Waals surface area contributed by atoms with Crippen molar-refractivity contribution in [3.63, 3.8) is 0 Å². The van der Waals surface area contributed by atoms with E-state index in [1.54, 1.807) is 40.7 Å². The number of alkyl halides is 8. The number of nitrogens with two attached hydrogens (primary N) is 6. The molecule has 4 aromatic carbocycles. The fourth-order valence-electron chi connectivity index (χ4n) is 10.5. The summed E-state index contributed by atoms with van der Waals surface area (Å²) < 4.78 is 131. The number of carboxylic acids is 1. The largest absolute Gasteiger partial charge is 0.477 e. The van der Waals surface area contributed by atoms with Crippen molar-refractivity contribution in [1.29, 1.82) is 0 Å². The van der Waals surface area contributed by atoms with Crippen molar-refractivity contribution in [2.24, 2.45) is 22.9 Å². The van der Waals surface area contributed by atoms with Gasteiger partial charge in [0.1, 0.15) is 17.1 Å². The van der Waals surface area contributed by atoms with Gasteiger partial charge in [0.05, 0.1) is 87.4 Å². The molecule has 6 amide bonds. The van der Waals surface area contributed by atoms with E-state index in [2.05, 4.69) is 45.9 Å². The number of nitrogen functional groups attached to an aromatic ring is 2. The number of benzene rings is 4. The topological polar surface area (TPSA) is 445 Å². The van der Waals surface area contributed by atoms with Crippen molar-refractivity contribution >= 4 is 109 Å². The number of carbonyl (C=O) groups excluding carboxylic acids is 6. The lowest BCUT2D eigenvalue weighted by molar-refractivity contribution is -0.220. The maximum absolute atomic E-state index is 16.2. The van der Waals surface area contributed by atoms with Gasteiger partial charge in [-0.2, -0.15) is 50.4 Å². The van der Waals surface area contributed by atoms with Gasteiger partial charge in [-0.1, -0.05) is 7.43 Å². The monoisotopic (exact) mass is 1400 g/mol. The van der Waals surface area contributed by atoms with E-state index in [1.807, 2.05) is 6.92 Å². The average molecular weight is 1400 g/mol. The average Bonchev–Trinajstić information content (AvgIpc) is 1.56. The second-order valence-corrected chi connectivity index (χ2v) is 22.4. The third-order valence-electron chi connectivity index (χ3n) is 15.4. The van der Waals surface area contributed by atoms with E-state index < -0.39 is 115 Å². The summed E-state index contributed by atoms with van der Waals surface area (Å²) in [5.41, 5.74) is 34.3. The Morgan fingerprint density at radius 3 is 0.920 bits per heavy atom. The number of aryl methyl sites for hydroxylation is 6. The molecule has 7 heterocycles. The molecule has 0 unspecified atom stereocenters. The first-order valence-corrected chi connectivity index (χ1v) is 29.6. The van der Waals surface area contributed by atoms with Crippen molar-refractivity contribution in [2.75, 3.05) is 22.1 Å². The van der Waals surface area contributed by atoms with Crippen LogP contribution in [0.1, 0.15) is 118 Å². The summed E-state index contributed by atoms with van der Waals surface area (Å²) in [5.74, 6) is -26.7. The number of nitrogens with zero attached hydrogens (tertiary/aromatic N) is 14. The quantitative estimate of drug-likeness (QED) is 0.0299. The van der Waals surface area contributed by atoms with Gasteiger partial charge in [-0.3, -0.25) is 53.4 Å². The first-order chi connectivity index (χ1) is 46.4. The first-order valence-electron chi connectivity index (χ1n) is 29.6. The zero-order chi connectivity index (χ0) is 72.7. The first kappa shape index (κ1) is 73.5. The molecular formula is C62H66F8N22O8. The molecule has 0 atom stereocenters.